The predicted octanol–water partition coefficient (Wildman–Crippen LogP) is 5.02. The predicted molar refractivity (Wildman–Crippen MR) is 145 cm³/mol. The summed E-state index contributed by atoms with van der Waals surface area (Å²) in [6, 6.07) is 22.0. The van der Waals surface area contributed by atoms with Gasteiger partial charge in [0.05, 0.1) is 11.6 Å². The second-order valence-corrected chi connectivity index (χ2v) is 9.66. The van der Waals surface area contributed by atoms with Gasteiger partial charge in [0.15, 0.2) is 0 Å². The molecule has 0 aliphatic heterocycles. The van der Waals surface area contributed by atoms with E-state index < -0.39 is 6.10 Å². The molecular weight excluding hydrogens is 448 g/mol. The Hall–Kier alpha value is -3.41. The Morgan fingerprint density at radius 3 is 2.33 bits per heavy atom. The lowest BCUT2D eigenvalue weighted by Crippen LogP contribution is -2.33. The first-order valence-corrected chi connectivity index (χ1v) is 12.9. The molecule has 5 nitrogen and oxygen atoms in total. The van der Waals surface area contributed by atoms with E-state index in [2.05, 4.69) is 36.3 Å². The van der Waals surface area contributed by atoms with Crippen LogP contribution >= 0.6 is 0 Å². The van der Waals surface area contributed by atoms with Gasteiger partial charge in [-0.15, -0.1) is 0 Å². The summed E-state index contributed by atoms with van der Waals surface area (Å²) >= 11 is 0. The summed E-state index contributed by atoms with van der Waals surface area (Å²) in [6.45, 7) is 5.28. The molecule has 0 amide bonds. The first-order valence-electron chi connectivity index (χ1n) is 12.9. The molecule has 5 rings (SSSR count). The number of aromatic amines is 1. The zero-order valence-electron chi connectivity index (χ0n) is 21.0. The van der Waals surface area contributed by atoms with Gasteiger partial charge in [0.1, 0.15) is 12.4 Å². The molecule has 1 aromatic heterocycles. The van der Waals surface area contributed by atoms with Crippen LogP contribution in [-0.2, 0) is 32.3 Å². The van der Waals surface area contributed by atoms with E-state index in [0.717, 1.165) is 42.2 Å². The van der Waals surface area contributed by atoms with Crippen molar-refractivity contribution in [3.8, 4) is 5.75 Å². The molecule has 0 bridgehead atoms. The number of aliphatic hydroxyl groups is 1. The summed E-state index contributed by atoms with van der Waals surface area (Å²) in [5.74, 6) is 0.597. The van der Waals surface area contributed by atoms with E-state index in [1.54, 1.807) is 6.07 Å². The van der Waals surface area contributed by atoms with Gasteiger partial charge < -0.3 is 20.1 Å². The van der Waals surface area contributed by atoms with Crippen molar-refractivity contribution in [3.63, 3.8) is 0 Å². The van der Waals surface area contributed by atoms with Gasteiger partial charge >= 0.3 is 0 Å². The highest BCUT2D eigenvalue weighted by Gasteiger charge is 2.24. The van der Waals surface area contributed by atoms with E-state index in [0.29, 0.717) is 30.5 Å². The second kappa shape index (κ2) is 10.7. The highest BCUT2D eigenvalue weighted by molar-refractivity contribution is 5.87. The fraction of sp³-hybridized carbons (Fsp3) is 0.323. The van der Waals surface area contributed by atoms with E-state index in [-0.39, 0.29) is 5.56 Å². The third-order valence-electron chi connectivity index (χ3n) is 7.30. The van der Waals surface area contributed by atoms with Gasteiger partial charge in [0.25, 0.3) is 0 Å². The van der Waals surface area contributed by atoms with Crippen molar-refractivity contribution in [1.82, 2.24) is 10.3 Å². The van der Waals surface area contributed by atoms with Crippen molar-refractivity contribution in [2.45, 2.75) is 58.3 Å². The van der Waals surface area contributed by atoms with Crippen molar-refractivity contribution in [2.24, 2.45) is 0 Å². The smallest absolute Gasteiger partial charge is 0.248 e. The van der Waals surface area contributed by atoms with Gasteiger partial charge in [-0.05, 0) is 71.2 Å². The van der Waals surface area contributed by atoms with Crippen molar-refractivity contribution in [2.75, 3.05) is 6.54 Å². The van der Waals surface area contributed by atoms with E-state index >= 15 is 0 Å². The number of fused-ring (bicyclic) bond motifs is 2. The van der Waals surface area contributed by atoms with E-state index in [4.69, 9.17) is 4.74 Å². The van der Waals surface area contributed by atoms with Crippen LogP contribution in [0.3, 0.4) is 0 Å². The van der Waals surface area contributed by atoms with Crippen molar-refractivity contribution in [3.05, 3.63) is 110 Å². The molecule has 0 fully saturated rings. The minimum Gasteiger partial charge on any atom is -0.487 e. The number of nitrogens with one attached hydrogen (secondary N) is 2. The van der Waals surface area contributed by atoms with Crippen LogP contribution in [0.1, 0.15) is 53.3 Å². The number of pyridine rings is 1. The number of benzene rings is 3. The monoisotopic (exact) mass is 482 g/mol. The Kier molecular flexibility index (Phi) is 7.21. The molecule has 1 aliphatic carbocycles. The summed E-state index contributed by atoms with van der Waals surface area (Å²) in [5.41, 5.74) is 8.00. The molecule has 1 aliphatic rings. The number of rotatable bonds is 9. The third kappa shape index (κ3) is 5.08. The molecule has 186 valence electrons. The highest BCUT2D eigenvalue weighted by Crippen LogP contribution is 2.31. The fourth-order valence-electron chi connectivity index (χ4n) is 5.36. The normalized spacial score (nSPS) is 14.2. The fourth-order valence-corrected chi connectivity index (χ4v) is 5.36. The topological polar surface area (TPSA) is 74.3 Å². The quantitative estimate of drug-likeness (QED) is 0.313. The molecule has 1 atom stereocenters. The number of aliphatic hydroxyl groups excluding tert-OH is 1. The molecule has 0 radical (unpaired) electrons. The largest absolute Gasteiger partial charge is 0.487 e. The Bertz CT molecular complexity index is 1380. The van der Waals surface area contributed by atoms with Crippen molar-refractivity contribution < 1.29 is 9.84 Å². The van der Waals surface area contributed by atoms with Crippen LogP contribution in [0.4, 0.5) is 0 Å². The number of ether oxygens (including phenoxy) is 1. The summed E-state index contributed by atoms with van der Waals surface area (Å²) in [4.78, 5) is 15.0. The standard InChI is InChI=1S/C31H34N2O3/c1-3-21-14-23-16-25(17-24(23)15-22(21)4-2)32-18-28(34)26-10-12-29(31-27(26)11-13-30(35)33-31)36-19-20-8-6-5-7-9-20/h5-15,25,28,32,34H,3-4,16-19H2,1-2H3,(H,33,35). The lowest BCUT2D eigenvalue weighted by Gasteiger charge is -2.19. The van der Waals surface area contributed by atoms with Gasteiger partial charge in [-0.1, -0.05) is 62.4 Å². The Labute approximate surface area is 212 Å². The lowest BCUT2D eigenvalue weighted by molar-refractivity contribution is 0.171. The number of hydrogen-bond acceptors (Lipinski definition) is 4. The average molecular weight is 483 g/mol. The van der Waals surface area contributed by atoms with Gasteiger partial charge in [-0.2, -0.15) is 0 Å². The summed E-state index contributed by atoms with van der Waals surface area (Å²) in [6.07, 6.45) is 3.39. The summed E-state index contributed by atoms with van der Waals surface area (Å²) in [5, 5.41) is 15.5. The average Bonchev–Trinajstić information content (AvgIpc) is 3.31. The van der Waals surface area contributed by atoms with Crippen LogP contribution in [0, 0.1) is 0 Å². The first kappa shape index (κ1) is 24.3. The Balaban J connectivity index is 1.30. The highest BCUT2D eigenvalue weighted by atomic mass is 16.5. The Morgan fingerprint density at radius 1 is 0.972 bits per heavy atom. The van der Waals surface area contributed by atoms with E-state index in [1.165, 1.54) is 28.3 Å². The number of aryl methyl sites for hydroxylation is 2. The molecule has 0 spiro atoms. The third-order valence-corrected chi connectivity index (χ3v) is 7.30. The second-order valence-electron chi connectivity index (χ2n) is 9.66. The number of H-pyrrole nitrogens is 1. The maximum atomic E-state index is 12.1. The SMILES string of the molecule is CCc1cc2c(cc1CC)CC(NCC(O)c1ccc(OCc3ccccc3)c3[nH]c(=O)ccc13)C2. The van der Waals surface area contributed by atoms with Crippen LogP contribution < -0.4 is 15.6 Å². The minimum atomic E-state index is -0.706. The molecule has 1 heterocycles. The molecule has 1 unspecified atom stereocenters. The minimum absolute atomic E-state index is 0.196. The molecular formula is C31H34N2O3. The molecule has 3 N–H and O–H groups in total. The number of aromatic nitrogens is 1. The van der Waals surface area contributed by atoms with Crippen LogP contribution in [-0.4, -0.2) is 22.7 Å². The first-order chi connectivity index (χ1) is 17.6. The van der Waals surface area contributed by atoms with Gasteiger partial charge in [-0.25, -0.2) is 0 Å². The van der Waals surface area contributed by atoms with E-state index in [9.17, 15) is 9.90 Å². The zero-order chi connectivity index (χ0) is 25.1. The molecule has 0 saturated heterocycles. The Morgan fingerprint density at radius 2 is 1.67 bits per heavy atom. The van der Waals surface area contributed by atoms with E-state index in [1.807, 2.05) is 42.5 Å². The van der Waals surface area contributed by atoms with Crippen molar-refractivity contribution >= 4 is 10.9 Å². The molecule has 4 aromatic rings. The molecule has 3 aromatic carbocycles. The van der Waals surface area contributed by atoms with Gasteiger partial charge in [0.2, 0.25) is 5.56 Å². The number of hydrogen-bond donors (Lipinski definition) is 3. The zero-order valence-corrected chi connectivity index (χ0v) is 21.0. The van der Waals surface area contributed by atoms with Gasteiger partial charge in [-0.3, -0.25) is 4.79 Å². The maximum Gasteiger partial charge on any atom is 0.248 e. The van der Waals surface area contributed by atoms with Crippen molar-refractivity contribution in [1.29, 1.82) is 0 Å². The molecule has 36 heavy (non-hydrogen) atoms. The van der Waals surface area contributed by atoms with Gasteiger partial charge in [0, 0.05) is 24.0 Å². The molecule has 5 heteroatoms. The van der Waals surface area contributed by atoms with Crippen LogP contribution in [0.15, 0.2) is 71.5 Å². The summed E-state index contributed by atoms with van der Waals surface area (Å²) in [7, 11) is 0. The van der Waals surface area contributed by atoms with Crippen LogP contribution in [0.2, 0.25) is 0 Å². The van der Waals surface area contributed by atoms with Crippen LogP contribution in [0.5, 0.6) is 5.75 Å². The lowest BCUT2D eigenvalue weighted by atomic mass is 9.97. The summed E-state index contributed by atoms with van der Waals surface area (Å²) < 4.78 is 6.04. The molecule has 0 saturated carbocycles. The van der Waals surface area contributed by atoms with Crippen LogP contribution in [0.25, 0.3) is 10.9 Å². The maximum absolute atomic E-state index is 12.1.